The maximum atomic E-state index is 11.5. The average Bonchev–Trinajstić information content (AvgIpc) is 2.01. The highest BCUT2D eigenvalue weighted by molar-refractivity contribution is 7.98. The summed E-state index contributed by atoms with van der Waals surface area (Å²) in [4.78, 5) is 22.4. The Morgan fingerprint density at radius 3 is 2.21 bits per heavy atom. The predicted molar refractivity (Wildman–Crippen MR) is 59.3 cm³/mol. The van der Waals surface area contributed by atoms with Gasteiger partial charge in [0, 0.05) is 18.7 Å². The van der Waals surface area contributed by atoms with Crippen LogP contribution in [0.2, 0.25) is 0 Å². The van der Waals surface area contributed by atoms with Crippen molar-refractivity contribution in [3.8, 4) is 0 Å². The predicted octanol–water partition coefficient (Wildman–Crippen LogP) is 0.379. The Kier molecular flexibility index (Phi) is 6.36. The molecule has 0 aliphatic heterocycles. The van der Waals surface area contributed by atoms with Gasteiger partial charge in [-0.25, -0.2) is 0 Å². The Bertz CT molecular complexity index is 207. The zero-order valence-electron chi connectivity index (χ0n) is 9.09. The Morgan fingerprint density at radius 1 is 1.29 bits per heavy atom. The topological polar surface area (TPSA) is 58.2 Å². The van der Waals surface area contributed by atoms with Gasteiger partial charge in [0.25, 0.3) is 0 Å². The number of carbonyl (C=O) groups is 2. The van der Waals surface area contributed by atoms with E-state index in [1.807, 2.05) is 20.1 Å². The molecule has 5 heteroatoms. The van der Waals surface area contributed by atoms with Crippen molar-refractivity contribution in [1.82, 2.24) is 10.6 Å². The van der Waals surface area contributed by atoms with Crippen LogP contribution >= 0.6 is 11.8 Å². The molecule has 14 heavy (non-hydrogen) atoms. The third-order valence-corrected chi connectivity index (χ3v) is 2.12. The van der Waals surface area contributed by atoms with Crippen LogP contribution in [0.3, 0.4) is 0 Å². The van der Waals surface area contributed by atoms with Crippen molar-refractivity contribution in [2.24, 2.45) is 0 Å². The minimum absolute atomic E-state index is 0.0978. The minimum Gasteiger partial charge on any atom is -0.352 e. The zero-order valence-corrected chi connectivity index (χ0v) is 9.90. The van der Waals surface area contributed by atoms with Gasteiger partial charge in [-0.2, -0.15) is 11.8 Å². The third-order valence-electron chi connectivity index (χ3n) is 1.46. The molecule has 0 aromatic heterocycles. The van der Waals surface area contributed by atoms with Crippen LogP contribution in [0, 0.1) is 0 Å². The molecule has 0 aliphatic carbocycles. The van der Waals surface area contributed by atoms with Gasteiger partial charge in [-0.05, 0) is 20.1 Å². The lowest BCUT2D eigenvalue weighted by atomic mass is 10.3. The van der Waals surface area contributed by atoms with Crippen LogP contribution in [0.4, 0.5) is 0 Å². The van der Waals surface area contributed by atoms with Crippen LogP contribution in [0.5, 0.6) is 0 Å². The van der Waals surface area contributed by atoms with Crippen LogP contribution in [-0.4, -0.2) is 35.9 Å². The molecule has 0 aromatic carbocycles. The van der Waals surface area contributed by atoms with Gasteiger partial charge in [-0.15, -0.1) is 0 Å². The summed E-state index contributed by atoms with van der Waals surface area (Å²) in [7, 11) is 0. The number of rotatable bonds is 5. The first kappa shape index (κ1) is 13.3. The molecule has 1 atom stereocenters. The van der Waals surface area contributed by atoms with E-state index in [4.69, 9.17) is 0 Å². The van der Waals surface area contributed by atoms with Gasteiger partial charge in [-0.1, -0.05) is 0 Å². The Labute approximate surface area is 89.2 Å². The summed E-state index contributed by atoms with van der Waals surface area (Å²) >= 11 is 1.53. The van der Waals surface area contributed by atoms with E-state index in [-0.39, 0.29) is 17.9 Å². The van der Waals surface area contributed by atoms with Crippen molar-refractivity contribution in [2.45, 2.75) is 32.9 Å². The summed E-state index contributed by atoms with van der Waals surface area (Å²) in [6.45, 7) is 5.19. The van der Waals surface area contributed by atoms with Gasteiger partial charge in [0.2, 0.25) is 11.8 Å². The lowest BCUT2D eigenvalue weighted by Crippen LogP contribution is -2.49. The molecule has 0 rings (SSSR count). The molecule has 2 N–H and O–H groups in total. The fraction of sp³-hybridized carbons (Fsp3) is 0.778. The Hall–Kier alpha value is -0.710. The fourth-order valence-electron chi connectivity index (χ4n) is 0.980. The summed E-state index contributed by atoms with van der Waals surface area (Å²) in [6.07, 6.45) is 1.90. The number of thioether (sulfide) groups is 1. The second-order valence-corrected chi connectivity index (χ2v) is 4.28. The molecule has 0 heterocycles. The van der Waals surface area contributed by atoms with Crippen molar-refractivity contribution in [3.05, 3.63) is 0 Å². The van der Waals surface area contributed by atoms with Crippen LogP contribution in [0.25, 0.3) is 0 Å². The maximum Gasteiger partial charge on any atom is 0.243 e. The first-order chi connectivity index (χ1) is 6.47. The molecule has 4 nitrogen and oxygen atoms in total. The van der Waals surface area contributed by atoms with Gasteiger partial charge < -0.3 is 10.6 Å². The van der Waals surface area contributed by atoms with Crippen molar-refractivity contribution >= 4 is 23.6 Å². The molecular formula is C9H18N2O2S. The number of nitrogens with one attached hydrogen (secondary N) is 2. The highest BCUT2D eigenvalue weighted by Crippen LogP contribution is 1.98. The monoisotopic (exact) mass is 218 g/mol. The van der Waals surface area contributed by atoms with Gasteiger partial charge in [0.15, 0.2) is 0 Å². The summed E-state index contributed by atoms with van der Waals surface area (Å²) in [6, 6.07) is -0.328. The Balaban J connectivity index is 4.17. The largest absolute Gasteiger partial charge is 0.352 e. The zero-order chi connectivity index (χ0) is 11.1. The van der Waals surface area contributed by atoms with Crippen LogP contribution in [0.1, 0.15) is 20.8 Å². The quantitative estimate of drug-likeness (QED) is 0.701. The fourth-order valence-corrected chi connectivity index (χ4v) is 1.55. The van der Waals surface area contributed by atoms with E-state index in [9.17, 15) is 9.59 Å². The highest BCUT2D eigenvalue weighted by atomic mass is 32.2. The highest BCUT2D eigenvalue weighted by Gasteiger charge is 2.18. The molecule has 2 amide bonds. The molecule has 0 spiro atoms. The van der Waals surface area contributed by atoms with E-state index in [1.54, 1.807) is 0 Å². The van der Waals surface area contributed by atoms with Gasteiger partial charge in [-0.3, -0.25) is 9.59 Å². The maximum absolute atomic E-state index is 11.5. The standard InChI is InChI=1S/C9H18N2O2S/c1-6(2)10-9(13)8(5-14-4)11-7(3)12/h6,8H,5H2,1-4H3,(H,10,13)(H,11,12). The SMILES string of the molecule is CSCC(NC(C)=O)C(=O)NC(C)C. The number of amides is 2. The molecular weight excluding hydrogens is 200 g/mol. The number of carbonyl (C=O) groups excluding carboxylic acids is 2. The van der Waals surface area contributed by atoms with E-state index in [2.05, 4.69) is 10.6 Å². The Morgan fingerprint density at radius 2 is 1.86 bits per heavy atom. The summed E-state index contributed by atoms with van der Waals surface area (Å²) in [5.41, 5.74) is 0. The summed E-state index contributed by atoms with van der Waals surface area (Å²) in [5.74, 6) is 0.297. The van der Waals surface area contributed by atoms with Crippen LogP contribution < -0.4 is 10.6 Å². The molecule has 0 fully saturated rings. The first-order valence-corrected chi connectivity index (χ1v) is 5.93. The molecule has 82 valence electrons. The van der Waals surface area contributed by atoms with Crippen molar-refractivity contribution < 1.29 is 9.59 Å². The van der Waals surface area contributed by atoms with E-state index in [1.165, 1.54) is 18.7 Å². The van der Waals surface area contributed by atoms with Gasteiger partial charge in [0.05, 0.1) is 0 Å². The molecule has 0 aromatic rings. The lowest BCUT2D eigenvalue weighted by Gasteiger charge is -2.18. The molecule has 0 bridgehead atoms. The molecule has 0 saturated heterocycles. The van der Waals surface area contributed by atoms with E-state index in [0.717, 1.165) is 0 Å². The van der Waals surface area contributed by atoms with Gasteiger partial charge >= 0.3 is 0 Å². The number of hydrogen-bond acceptors (Lipinski definition) is 3. The normalized spacial score (nSPS) is 12.4. The van der Waals surface area contributed by atoms with Crippen LogP contribution in [0.15, 0.2) is 0 Å². The first-order valence-electron chi connectivity index (χ1n) is 4.53. The molecule has 1 unspecified atom stereocenters. The van der Waals surface area contributed by atoms with E-state index in [0.29, 0.717) is 5.75 Å². The molecule has 0 radical (unpaired) electrons. The van der Waals surface area contributed by atoms with Crippen LogP contribution in [-0.2, 0) is 9.59 Å². The van der Waals surface area contributed by atoms with E-state index < -0.39 is 6.04 Å². The average molecular weight is 218 g/mol. The van der Waals surface area contributed by atoms with E-state index >= 15 is 0 Å². The van der Waals surface area contributed by atoms with Crippen molar-refractivity contribution in [2.75, 3.05) is 12.0 Å². The van der Waals surface area contributed by atoms with Crippen molar-refractivity contribution in [1.29, 1.82) is 0 Å². The summed E-state index contributed by atoms with van der Waals surface area (Å²) < 4.78 is 0. The third kappa shape index (κ3) is 5.85. The smallest absolute Gasteiger partial charge is 0.243 e. The number of hydrogen-bond donors (Lipinski definition) is 2. The second-order valence-electron chi connectivity index (χ2n) is 3.37. The minimum atomic E-state index is -0.426. The molecule has 0 aliphatic rings. The second kappa shape index (κ2) is 6.70. The summed E-state index contributed by atoms with van der Waals surface area (Å²) in [5, 5.41) is 5.38. The lowest BCUT2D eigenvalue weighted by molar-refractivity contribution is -0.127. The molecule has 0 saturated carbocycles. The van der Waals surface area contributed by atoms with Crippen molar-refractivity contribution in [3.63, 3.8) is 0 Å². The van der Waals surface area contributed by atoms with Gasteiger partial charge in [0.1, 0.15) is 6.04 Å².